The first-order valence-electron chi connectivity index (χ1n) is 10.5. The van der Waals surface area contributed by atoms with Crippen LogP contribution in [0.5, 0.6) is 5.75 Å². The van der Waals surface area contributed by atoms with Crippen LogP contribution in [0.1, 0.15) is 41.8 Å². The predicted molar refractivity (Wildman–Crippen MR) is 124 cm³/mol. The Morgan fingerprint density at radius 3 is 2.81 bits per heavy atom. The normalized spacial score (nSPS) is 18.9. The third-order valence-electron chi connectivity index (χ3n) is 5.29. The third-order valence-corrected chi connectivity index (χ3v) is 5.61. The van der Waals surface area contributed by atoms with E-state index in [1.807, 2.05) is 12.1 Å². The zero-order chi connectivity index (χ0) is 22.3. The number of phenols is 1. The van der Waals surface area contributed by atoms with Gasteiger partial charge in [-0.1, -0.05) is 23.7 Å². The van der Waals surface area contributed by atoms with Gasteiger partial charge in [-0.25, -0.2) is 0 Å². The maximum absolute atomic E-state index is 12.2. The lowest BCUT2D eigenvalue weighted by Crippen LogP contribution is -2.39. The monoisotopic (exact) mass is 450 g/mol. The zero-order valence-electron chi connectivity index (χ0n) is 17.3. The predicted octanol–water partition coefficient (Wildman–Crippen LogP) is 6.21. The highest BCUT2D eigenvalue weighted by atomic mass is 35.5. The van der Waals surface area contributed by atoms with Crippen molar-refractivity contribution in [1.29, 1.82) is 0 Å². The molecule has 0 saturated heterocycles. The Morgan fingerprint density at radius 1 is 1.12 bits per heavy atom. The largest absolute Gasteiger partial charge is 0.507 e. The number of aromatic hydroxyl groups is 1. The molecule has 8 heteroatoms. The van der Waals surface area contributed by atoms with Crippen LogP contribution in [0.2, 0.25) is 5.02 Å². The van der Waals surface area contributed by atoms with E-state index in [1.165, 1.54) is 6.26 Å². The van der Waals surface area contributed by atoms with Gasteiger partial charge in [-0.05, 0) is 68.1 Å². The summed E-state index contributed by atoms with van der Waals surface area (Å²) >= 11 is 6.11. The zero-order valence-corrected chi connectivity index (χ0v) is 18.1. The van der Waals surface area contributed by atoms with Gasteiger partial charge in [0.2, 0.25) is 0 Å². The van der Waals surface area contributed by atoms with Gasteiger partial charge >= 0.3 is 0 Å². The lowest BCUT2D eigenvalue weighted by Gasteiger charge is -2.27. The molecule has 2 N–H and O–H groups in total. The summed E-state index contributed by atoms with van der Waals surface area (Å²) in [5.74, 6) is 0.214. The first-order valence-corrected chi connectivity index (χ1v) is 10.8. The maximum atomic E-state index is 12.2. The Hall–Kier alpha value is -3.45. The fourth-order valence-electron chi connectivity index (χ4n) is 3.63. The van der Waals surface area contributed by atoms with Crippen molar-refractivity contribution in [3.8, 4) is 5.75 Å². The lowest BCUT2D eigenvalue weighted by molar-refractivity contribution is 0.0897. The second kappa shape index (κ2) is 10.2. The molecule has 2 unspecified atom stereocenters. The highest BCUT2D eigenvalue weighted by Crippen LogP contribution is 2.28. The molecule has 0 radical (unpaired) electrons. The number of nitrogens with one attached hydrogen (secondary N) is 1. The number of aliphatic imine (C=N–C) groups is 1. The number of carbonyl (C=O) groups excluding carboxylic acids is 1. The molecule has 32 heavy (non-hydrogen) atoms. The van der Waals surface area contributed by atoms with Gasteiger partial charge in [0.1, 0.15) is 11.4 Å². The second-order valence-corrected chi connectivity index (χ2v) is 8.05. The number of furan rings is 1. The Labute approximate surface area is 190 Å². The summed E-state index contributed by atoms with van der Waals surface area (Å²) in [6.45, 7) is 0. The molecule has 7 nitrogen and oxygen atoms in total. The number of benzene rings is 2. The van der Waals surface area contributed by atoms with Crippen molar-refractivity contribution in [3.63, 3.8) is 0 Å². The van der Waals surface area contributed by atoms with Crippen molar-refractivity contribution in [2.24, 2.45) is 15.2 Å². The molecule has 1 aliphatic rings. The number of nitrogens with zero attached hydrogens (tertiary/aromatic N) is 3. The van der Waals surface area contributed by atoms with Crippen molar-refractivity contribution in [2.75, 3.05) is 0 Å². The molecule has 1 saturated carbocycles. The van der Waals surface area contributed by atoms with E-state index in [4.69, 9.17) is 16.0 Å². The summed E-state index contributed by atoms with van der Waals surface area (Å²) in [4.78, 5) is 16.9. The molecular formula is C24H23ClN4O3. The SMILES string of the molecule is O=C(NC1CCCC(N=Cc2cc(N=Nc3ccccc3Cl)ccc2O)C1)c1ccco1. The fraction of sp³-hybridized carbons (Fsp3) is 0.250. The minimum absolute atomic E-state index is 0.0350. The minimum Gasteiger partial charge on any atom is -0.507 e. The van der Waals surface area contributed by atoms with Crippen LogP contribution in [0.25, 0.3) is 0 Å². The number of carbonyl (C=O) groups is 1. The van der Waals surface area contributed by atoms with E-state index in [9.17, 15) is 9.90 Å². The molecular weight excluding hydrogens is 428 g/mol. The first-order chi connectivity index (χ1) is 15.6. The van der Waals surface area contributed by atoms with Gasteiger partial charge in [-0.2, -0.15) is 5.11 Å². The number of amides is 1. The standard InChI is InChI=1S/C24H23ClN4O3/c25-20-7-1-2-8-21(20)29-28-19-10-11-22(30)16(13-19)15-26-17-5-3-6-18(14-17)27-24(31)23-9-4-12-32-23/h1-2,4,7-13,15,17-18,30H,3,5-6,14H2,(H,27,31). The Balaban J connectivity index is 1.40. The number of rotatable bonds is 6. The molecule has 0 spiro atoms. The molecule has 0 aliphatic heterocycles. The number of hydrogen-bond donors (Lipinski definition) is 2. The molecule has 164 valence electrons. The van der Waals surface area contributed by atoms with Gasteiger partial charge in [0.05, 0.1) is 23.0 Å². The molecule has 1 heterocycles. The summed E-state index contributed by atoms with van der Waals surface area (Å²) in [7, 11) is 0. The summed E-state index contributed by atoms with van der Waals surface area (Å²) in [5.41, 5.74) is 1.71. The van der Waals surface area contributed by atoms with Crippen molar-refractivity contribution >= 4 is 35.1 Å². The van der Waals surface area contributed by atoms with Gasteiger partial charge in [0.25, 0.3) is 5.91 Å². The summed E-state index contributed by atoms with van der Waals surface area (Å²) in [6, 6.07) is 15.6. The third kappa shape index (κ3) is 5.62. The average molecular weight is 451 g/mol. The van der Waals surface area contributed by atoms with E-state index in [2.05, 4.69) is 20.5 Å². The molecule has 2 atom stereocenters. The lowest BCUT2D eigenvalue weighted by atomic mass is 9.91. The highest BCUT2D eigenvalue weighted by molar-refractivity contribution is 6.32. The van der Waals surface area contributed by atoms with Gasteiger partial charge in [0.15, 0.2) is 5.76 Å². The van der Waals surface area contributed by atoms with Crippen LogP contribution < -0.4 is 5.32 Å². The van der Waals surface area contributed by atoms with Gasteiger partial charge in [-0.15, -0.1) is 5.11 Å². The van der Waals surface area contributed by atoms with E-state index in [1.54, 1.807) is 48.7 Å². The van der Waals surface area contributed by atoms with Gasteiger partial charge in [-0.3, -0.25) is 9.79 Å². The summed E-state index contributed by atoms with van der Waals surface area (Å²) in [6.07, 6.45) is 6.67. The average Bonchev–Trinajstić information content (AvgIpc) is 3.34. The minimum atomic E-state index is -0.209. The van der Waals surface area contributed by atoms with Crippen LogP contribution in [-0.4, -0.2) is 29.3 Å². The van der Waals surface area contributed by atoms with Crippen LogP contribution in [0, 0.1) is 0 Å². The number of phenolic OH excluding ortho intramolecular Hbond substituents is 1. The quantitative estimate of drug-likeness (QED) is 0.344. The Kier molecular flexibility index (Phi) is 6.97. The van der Waals surface area contributed by atoms with Gasteiger partial charge in [0, 0.05) is 17.8 Å². The van der Waals surface area contributed by atoms with E-state index < -0.39 is 0 Å². The number of halogens is 1. The molecule has 1 fully saturated rings. The molecule has 1 aliphatic carbocycles. The molecule has 4 rings (SSSR count). The van der Waals surface area contributed by atoms with Crippen molar-refractivity contribution in [3.05, 3.63) is 77.2 Å². The van der Waals surface area contributed by atoms with Crippen LogP contribution >= 0.6 is 11.6 Å². The van der Waals surface area contributed by atoms with Crippen LogP contribution in [0.4, 0.5) is 11.4 Å². The molecule has 0 bridgehead atoms. The number of azo groups is 1. The molecule has 1 amide bonds. The van der Waals surface area contributed by atoms with Gasteiger partial charge < -0.3 is 14.8 Å². The fourth-order valence-corrected chi connectivity index (χ4v) is 3.81. The smallest absolute Gasteiger partial charge is 0.287 e. The Bertz CT molecular complexity index is 1130. The van der Waals surface area contributed by atoms with E-state index >= 15 is 0 Å². The molecule has 1 aromatic heterocycles. The van der Waals surface area contributed by atoms with Crippen molar-refractivity contribution in [2.45, 2.75) is 37.8 Å². The summed E-state index contributed by atoms with van der Waals surface area (Å²) in [5, 5.41) is 22.1. The van der Waals surface area contributed by atoms with Crippen LogP contribution in [0.15, 0.2) is 80.5 Å². The van der Waals surface area contributed by atoms with E-state index in [-0.39, 0.29) is 23.7 Å². The van der Waals surface area contributed by atoms with E-state index in [0.29, 0.717) is 27.7 Å². The summed E-state index contributed by atoms with van der Waals surface area (Å²) < 4.78 is 5.15. The topological polar surface area (TPSA) is 99.6 Å². The highest BCUT2D eigenvalue weighted by Gasteiger charge is 2.23. The van der Waals surface area contributed by atoms with Crippen LogP contribution in [0.3, 0.4) is 0 Å². The molecule has 3 aromatic rings. The Morgan fingerprint density at radius 2 is 2.00 bits per heavy atom. The van der Waals surface area contributed by atoms with E-state index in [0.717, 1.165) is 25.7 Å². The van der Waals surface area contributed by atoms with Crippen molar-refractivity contribution in [1.82, 2.24) is 5.32 Å². The first kappa shape index (κ1) is 21.8. The number of hydrogen-bond acceptors (Lipinski definition) is 6. The van der Waals surface area contributed by atoms with Crippen molar-refractivity contribution < 1.29 is 14.3 Å². The molecule has 2 aromatic carbocycles. The van der Waals surface area contributed by atoms with Crippen LogP contribution in [-0.2, 0) is 0 Å². The maximum Gasteiger partial charge on any atom is 0.287 e. The second-order valence-electron chi connectivity index (χ2n) is 7.64.